The minimum Gasteiger partial charge on any atom is -0.455 e. The first-order valence-corrected chi connectivity index (χ1v) is 23.2. The van der Waals surface area contributed by atoms with Crippen LogP contribution in [0.25, 0.3) is 16.6 Å². The van der Waals surface area contributed by atoms with Gasteiger partial charge in [-0.05, 0) is 110 Å². The maximum atomic E-state index is 14.0. The molecule has 1 amide bonds. The highest BCUT2D eigenvalue weighted by molar-refractivity contribution is 7.83. The Hall–Kier alpha value is -5.61. The number of aliphatic imine (C=N–C) groups is 1. The molecule has 1 unspecified atom stereocenters. The molecule has 63 heavy (non-hydrogen) atoms. The number of benzene rings is 3. The van der Waals surface area contributed by atoms with E-state index in [1.54, 1.807) is 18.5 Å². The predicted octanol–water partition coefficient (Wildman–Crippen LogP) is 8.73. The molecule has 2 saturated heterocycles. The maximum absolute atomic E-state index is 14.0. The molecule has 1 spiro atoms. The number of nitro benzene ring substituents is 1. The summed E-state index contributed by atoms with van der Waals surface area (Å²) in [4.78, 5) is 42.3. The Bertz CT molecular complexity index is 2600. The van der Waals surface area contributed by atoms with Crippen LogP contribution in [0.15, 0.2) is 94.6 Å². The minimum absolute atomic E-state index is 0.0261. The Morgan fingerprint density at radius 1 is 1.08 bits per heavy atom. The van der Waals surface area contributed by atoms with Crippen LogP contribution in [0.1, 0.15) is 72.9 Å². The topological polar surface area (TPSA) is 181 Å². The molecule has 1 atom stereocenters. The molecule has 16 heteroatoms. The van der Waals surface area contributed by atoms with Gasteiger partial charge >= 0.3 is 0 Å². The van der Waals surface area contributed by atoms with E-state index >= 15 is 0 Å². The lowest BCUT2D eigenvalue weighted by atomic mass is 9.59. The van der Waals surface area contributed by atoms with Crippen LogP contribution < -0.4 is 20.1 Å². The van der Waals surface area contributed by atoms with Gasteiger partial charge in [0.2, 0.25) is 0 Å². The van der Waals surface area contributed by atoms with Gasteiger partial charge in [-0.15, -0.1) is 0 Å². The summed E-state index contributed by atoms with van der Waals surface area (Å²) in [5.41, 5.74) is 12.5. The number of nitro groups is 1. The number of hydrogen-bond donors (Lipinski definition) is 3. The third-order valence-electron chi connectivity index (χ3n) is 13.2. The van der Waals surface area contributed by atoms with E-state index in [4.69, 9.17) is 26.8 Å². The van der Waals surface area contributed by atoms with E-state index in [0.29, 0.717) is 42.5 Å². The first-order chi connectivity index (χ1) is 30.6. The molecule has 14 nitrogen and oxygen atoms in total. The fraction of sp³-hybridized carbons (Fsp3) is 0.383. The van der Waals surface area contributed by atoms with Crippen molar-refractivity contribution in [2.75, 3.05) is 63.1 Å². The number of ether oxygens (including phenoxy) is 2. The molecule has 328 valence electrons. The molecule has 2 aliphatic carbocycles. The number of carbonyl (C=O) groups is 1. The molecule has 9 rings (SSSR count). The number of nitrogens with one attached hydrogen (secondary N) is 2. The van der Waals surface area contributed by atoms with Gasteiger partial charge in [0.25, 0.3) is 11.6 Å². The highest BCUT2D eigenvalue weighted by Crippen LogP contribution is 2.55. The van der Waals surface area contributed by atoms with Crippen LogP contribution in [-0.2, 0) is 15.7 Å². The average molecular weight is 891 g/mol. The molecule has 3 fully saturated rings. The van der Waals surface area contributed by atoms with Crippen molar-refractivity contribution < 1.29 is 23.4 Å². The van der Waals surface area contributed by atoms with E-state index in [0.717, 1.165) is 80.6 Å². The first-order valence-electron chi connectivity index (χ1n) is 21.7. The second-order valence-electron chi connectivity index (χ2n) is 17.2. The Labute approximate surface area is 373 Å². The zero-order valence-electron chi connectivity index (χ0n) is 35.0. The second-order valence-corrected chi connectivity index (χ2v) is 18.9. The number of amides is 1. The fourth-order valence-electron chi connectivity index (χ4n) is 9.36. The lowest BCUT2D eigenvalue weighted by Crippen LogP contribution is -2.47. The van der Waals surface area contributed by atoms with Crippen LogP contribution in [0.3, 0.4) is 0 Å². The predicted molar refractivity (Wildman–Crippen MR) is 247 cm³/mol. The van der Waals surface area contributed by atoms with Crippen LogP contribution in [-0.4, -0.2) is 88.6 Å². The van der Waals surface area contributed by atoms with E-state index in [-0.39, 0.29) is 33.1 Å². The summed E-state index contributed by atoms with van der Waals surface area (Å²) in [6.45, 7) is 6.03. The summed E-state index contributed by atoms with van der Waals surface area (Å²) in [7, 11) is -2.21. The van der Waals surface area contributed by atoms with Crippen molar-refractivity contribution in [2.45, 2.75) is 56.3 Å². The molecule has 4 N–H and O–H groups in total. The average Bonchev–Trinajstić information content (AvgIpc) is 3.75. The number of nitrogens with zero attached hydrogens (tertiary/aromatic N) is 5. The van der Waals surface area contributed by atoms with Gasteiger partial charge in [-0.25, -0.2) is 9.19 Å². The quantitative estimate of drug-likeness (QED) is 0.0448. The number of hydrogen-bond acceptors (Lipinski definition) is 11. The van der Waals surface area contributed by atoms with Crippen LogP contribution in [0, 0.1) is 21.4 Å². The van der Waals surface area contributed by atoms with Crippen LogP contribution in [0.5, 0.6) is 11.5 Å². The number of aromatic nitrogens is 2. The van der Waals surface area contributed by atoms with Crippen LogP contribution in [0.2, 0.25) is 5.02 Å². The molecule has 2 aromatic heterocycles. The standard InChI is InChI=1S/C47H51ClN8O6S/c48-35-4-2-32(3-5-35)40-26-47(12-1-13-47)14-8-34(40)30-54-16-18-55(19-17-54)36-6-7-39(44(23-36)62-37-22-33-9-15-51-45(33)52-28-37)46(57)53-63(60)38-24-42(49)41(43(25-38)56(58)59)29-50-27-31-10-20-61-21-11-31/h2-7,9,15,22-25,28-29,31H,1,8,10-14,16-21,26-27,30,49H2,(H,51,52)(H,53,57). The van der Waals surface area contributed by atoms with Crippen molar-refractivity contribution in [2.24, 2.45) is 16.3 Å². The zero-order valence-corrected chi connectivity index (χ0v) is 36.6. The van der Waals surface area contributed by atoms with Crippen molar-refractivity contribution in [3.05, 3.63) is 117 Å². The minimum atomic E-state index is -2.21. The normalized spacial score (nSPS) is 18.8. The van der Waals surface area contributed by atoms with Crippen molar-refractivity contribution in [3.63, 3.8) is 0 Å². The van der Waals surface area contributed by atoms with Gasteiger partial charge in [0.05, 0.1) is 27.1 Å². The summed E-state index contributed by atoms with van der Waals surface area (Å²) in [5, 5.41) is 13.8. The Balaban J connectivity index is 0.919. The molecular formula is C47H51ClN8O6S. The van der Waals surface area contributed by atoms with Gasteiger partial charge in [-0.2, -0.15) is 0 Å². The Morgan fingerprint density at radius 2 is 1.87 bits per heavy atom. The molecular weight excluding hydrogens is 840 g/mol. The first kappa shape index (κ1) is 42.7. The van der Waals surface area contributed by atoms with Gasteiger partial charge < -0.3 is 25.1 Å². The van der Waals surface area contributed by atoms with Crippen molar-refractivity contribution in [3.8, 4) is 11.5 Å². The van der Waals surface area contributed by atoms with E-state index in [1.165, 1.54) is 54.7 Å². The molecule has 1 saturated carbocycles. The third kappa shape index (κ3) is 9.66. The zero-order chi connectivity index (χ0) is 43.5. The van der Waals surface area contributed by atoms with Crippen molar-refractivity contribution in [1.29, 1.82) is 0 Å². The van der Waals surface area contributed by atoms with Gasteiger partial charge in [0, 0.05) is 98.8 Å². The maximum Gasteiger partial charge on any atom is 0.281 e. The molecule has 3 aromatic carbocycles. The molecule has 4 heterocycles. The SMILES string of the molecule is Nc1cc(S(=O)NC(=O)c2ccc(N3CCN(CC4=C(c5ccc(Cl)cc5)CC5(CCC5)CC4)CC3)cc2Oc2cnc3[nH]ccc3c2)cc([N+](=O)[O-])c1C=NCC1CCOCC1. The number of pyridine rings is 1. The number of anilines is 2. The smallest absolute Gasteiger partial charge is 0.281 e. The van der Waals surface area contributed by atoms with E-state index < -0.39 is 21.8 Å². The number of nitrogens with two attached hydrogens (primary N) is 1. The number of fused-ring (bicyclic) bond motifs is 1. The molecule has 5 aromatic rings. The number of rotatable bonds is 13. The van der Waals surface area contributed by atoms with E-state index in [2.05, 4.69) is 41.6 Å². The fourth-order valence-corrected chi connectivity index (χ4v) is 10.3. The largest absolute Gasteiger partial charge is 0.455 e. The molecule has 2 aliphatic heterocycles. The van der Waals surface area contributed by atoms with Crippen molar-refractivity contribution in [1.82, 2.24) is 19.6 Å². The number of nitrogen functional groups attached to an aromatic ring is 1. The number of piperazine rings is 1. The Morgan fingerprint density at radius 3 is 2.62 bits per heavy atom. The van der Waals surface area contributed by atoms with Crippen LogP contribution >= 0.6 is 11.6 Å². The number of halogens is 1. The summed E-state index contributed by atoms with van der Waals surface area (Å²) in [6, 6.07) is 19.9. The lowest BCUT2D eigenvalue weighted by Gasteiger charge is -2.47. The highest BCUT2D eigenvalue weighted by Gasteiger charge is 2.41. The number of carbonyl (C=O) groups excluding carboxylic acids is 1. The molecule has 4 aliphatic rings. The van der Waals surface area contributed by atoms with E-state index in [1.807, 2.05) is 36.4 Å². The number of allylic oxidation sites excluding steroid dienone is 1. The molecule has 0 radical (unpaired) electrons. The van der Waals surface area contributed by atoms with Gasteiger partial charge in [0.15, 0.2) is 11.0 Å². The lowest BCUT2D eigenvalue weighted by molar-refractivity contribution is -0.385. The van der Waals surface area contributed by atoms with Gasteiger partial charge in [0.1, 0.15) is 17.1 Å². The molecule has 0 bridgehead atoms. The summed E-state index contributed by atoms with van der Waals surface area (Å²) in [6.07, 6.45) is 14.0. The number of aromatic amines is 1. The Kier molecular flexibility index (Phi) is 12.6. The summed E-state index contributed by atoms with van der Waals surface area (Å²) < 4.78 is 28.0. The third-order valence-corrected chi connectivity index (χ3v) is 14.5. The van der Waals surface area contributed by atoms with Crippen LogP contribution in [0.4, 0.5) is 17.1 Å². The van der Waals surface area contributed by atoms with Crippen molar-refractivity contribution >= 4 is 68.4 Å². The van der Waals surface area contributed by atoms with E-state index in [9.17, 15) is 19.1 Å². The second kappa shape index (κ2) is 18.6. The summed E-state index contributed by atoms with van der Waals surface area (Å²) >= 11 is 6.29. The monoisotopic (exact) mass is 890 g/mol. The summed E-state index contributed by atoms with van der Waals surface area (Å²) in [5.74, 6) is 0.285. The van der Waals surface area contributed by atoms with Gasteiger partial charge in [-0.1, -0.05) is 35.7 Å². The number of H-pyrrole nitrogens is 1. The van der Waals surface area contributed by atoms with Gasteiger partial charge in [-0.3, -0.25) is 29.5 Å². The highest BCUT2D eigenvalue weighted by atomic mass is 35.5.